The van der Waals surface area contributed by atoms with E-state index >= 15 is 0 Å². The second-order valence-electron chi connectivity index (χ2n) is 5.52. The van der Waals surface area contributed by atoms with Gasteiger partial charge in [0, 0.05) is 37.8 Å². The first-order valence-corrected chi connectivity index (χ1v) is 8.29. The quantitative estimate of drug-likeness (QED) is 0.740. The highest BCUT2D eigenvalue weighted by Gasteiger charge is 2.38. The molecule has 0 aliphatic carbocycles. The molecular formula is C16H20BrF3N2O. The van der Waals surface area contributed by atoms with Crippen molar-refractivity contribution in [3.05, 3.63) is 40.4 Å². The number of allylic oxidation sites excluding steroid dienone is 1. The molecule has 2 N–H and O–H groups in total. The number of nitrogens with one attached hydrogen (secondary N) is 1. The summed E-state index contributed by atoms with van der Waals surface area (Å²) < 4.78 is 40.6. The number of phenols is 1. The molecule has 2 rings (SSSR count). The van der Waals surface area contributed by atoms with Crippen LogP contribution in [0.5, 0.6) is 5.75 Å². The first-order valence-electron chi connectivity index (χ1n) is 7.50. The Bertz CT molecular complexity index is 557. The van der Waals surface area contributed by atoms with Gasteiger partial charge in [-0.1, -0.05) is 6.08 Å². The van der Waals surface area contributed by atoms with Crippen LogP contribution in [0.4, 0.5) is 13.2 Å². The minimum absolute atomic E-state index is 0.0457. The van der Waals surface area contributed by atoms with Gasteiger partial charge in [0.1, 0.15) is 5.75 Å². The molecule has 0 spiro atoms. The van der Waals surface area contributed by atoms with E-state index in [9.17, 15) is 18.3 Å². The minimum Gasteiger partial charge on any atom is -0.506 e. The van der Waals surface area contributed by atoms with Crippen LogP contribution in [-0.4, -0.2) is 36.2 Å². The summed E-state index contributed by atoms with van der Waals surface area (Å²) in [5.74, 6) is -0.326. The molecule has 1 saturated heterocycles. The topological polar surface area (TPSA) is 35.5 Å². The Hall–Kier alpha value is -1.05. The minimum atomic E-state index is -4.51. The number of piperazine rings is 1. The summed E-state index contributed by atoms with van der Waals surface area (Å²) in [5.41, 5.74) is -0.818. The number of rotatable bonds is 5. The van der Waals surface area contributed by atoms with E-state index in [4.69, 9.17) is 0 Å². The maximum atomic E-state index is 13.4. The van der Waals surface area contributed by atoms with Crippen LogP contribution in [0.1, 0.15) is 30.0 Å². The van der Waals surface area contributed by atoms with Gasteiger partial charge in [0.15, 0.2) is 0 Å². The van der Waals surface area contributed by atoms with E-state index in [2.05, 4.69) is 27.8 Å². The molecule has 0 aromatic heterocycles. The molecule has 1 aromatic rings. The van der Waals surface area contributed by atoms with E-state index in [0.717, 1.165) is 19.2 Å². The van der Waals surface area contributed by atoms with Crippen molar-refractivity contribution in [3.63, 3.8) is 0 Å². The van der Waals surface area contributed by atoms with Crippen LogP contribution in [0.3, 0.4) is 0 Å². The zero-order valence-corrected chi connectivity index (χ0v) is 14.3. The summed E-state index contributed by atoms with van der Waals surface area (Å²) in [6, 6.07) is 1.77. The molecule has 23 heavy (non-hydrogen) atoms. The van der Waals surface area contributed by atoms with Gasteiger partial charge >= 0.3 is 6.18 Å². The van der Waals surface area contributed by atoms with E-state index in [1.165, 1.54) is 6.07 Å². The van der Waals surface area contributed by atoms with Crippen molar-refractivity contribution in [1.29, 1.82) is 0 Å². The van der Waals surface area contributed by atoms with Crippen molar-refractivity contribution in [2.24, 2.45) is 0 Å². The molecule has 1 atom stereocenters. The van der Waals surface area contributed by atoms with Gasteiger partial charge in [-0.05, 0) is 40.9 Å². The van der Waals surface area contributed by atoms with Crippen molar-refractivity contribution >= 4 is 15.9 Å². The largest absolute Gasteiger partial charge is 0.506 e. The van der Waals surface area contributed by atoms with Crippen LogP contribution < -0.4 is 5.32 Å². The van der Waals surface area contributed by atoms with Crippen LogP contribution in [0.15, 0.2) is 29.3 Å². The predicted molar refractivity (Wildman–Crippen MR) is 87.4 cm³/mol. The molecule has 0 bridgehead atoms. The van der Waals surface area contributed by atoms with E-state index < -0.39 is 17.8 Å². The number of nitrogens with zero attached hydrogens (tertiary/aromatic N) is 1. The number of hydrogen-bond acceptors (Lipinski definition) is 3. The summed E-state index contributed by atoms with van der Waals surface area (Å²) >= 11 is 3.14. The maximum absolute atomic E-state index is 13.4. The van der Waals surface area contributed by atoms with E-state index in [-0.39, 0.29) is 15.8 Å². The Balaban J connectivity index is 2.51. The standard InChI is InChI=1S/C16H20BrF3N2O/c1-2-3-4-13(22-9-7-21-8-10-22)14-11(16(18,19)20)5-6-12(17)15(14)23/h2,5-6,13,21,23H,1,3-4,7-10H2/t13-/m1/s1. The lowest BCUT2D eigenvalue weighted by molar-refractivity contribution is -0.139. The summed E-state index contributed by atoms with van der Waals surface area (Å²) in [6.07, 6.45) is -1.75. The number of alkyl halides is 3. The Labute approximate surface area is 142 Å². The molecule has 0 unspecified atom stereocenters. The maximum Gasteiger partial charge on any atom is 0.416 e. The predicted octanol–water partition coefficient (Wildman–Crippen LogP) is 4.09. The average Bonchev–Trinajstić information content (AvgIpc) is 2.51. The Kier molecular flexibility index (Phi) is 6.11. The van der Waals surface area contributed by atoms with Crippen LogP contribution >= 0.6 is 15.9 Å². The third kappa shape index (κ3) is 4.28. The smallest absolute Gasteiger partial charge is 0.416 e. The summed E-state index contributed by atoms with van der Waals surface area (Å²) in [7, 11) is 0. The fourth-order valence-electron chi connectivity index (χ4n) is 2.94. The van der Waals surface area contributed by atoms with Gasteiger partial charge in [-0.25, -0.2) is 0 Å². The van der Waals surface area contributed by atoms with Crippen molar-refractivity contribution in [1.82, 2.24) is 10.2 Å². The summed E-state index contributed by atoms with van der Waals surface area (Å²) in [6.45, 7) is 6.39. The Morgan fingerprint density at radius 3 is 2.57 bits per heavy atom. The normalized spacial score (nSPS) is 17.9. The second kappa shape index (κ2) is 7.68. The van der Waals surface area contributed by atoms with Gasteiger partial charge < -0.3 is 10.4 Å². The molecular weight excluding hydrogens is 373 g/mol. The lowest BCUT2D eigenvalue weighted by atomic mass is 9.93. The zero-order chi connectivity index (χ0) is 17.0. The number of hydrogen-bond donors (Lipinski definition) is 2. The fourth-order valence-corrected chi connectivity index (χ4v) is 3.29. The Morgan fingerprint density at radius 2 is 2.00 bits per heavy atom. The second-order valence-corrected chi connectivity index (χ2v) is 6.38. The number of benzene rings is 1. The third-order valence-corrected chi connectivity index (χ3v) is 4.68. The monoisotopic (exact) mass is 392 g/mol. The molecule has 1 aromatic carbocycles. The number of phenolic OH excluding ortho intramolecular Hbond substituents is 1. The summed E-state index contributed by atoms with van der Waals surface area (Å²) in [4.78, 5) is 2.00. The van der Waals surface area contributed by atoms with Crippen molar-refractivity contribution in [2.75, 3.05) is 26.2 Å². The SMILES string of the molecule is C=CCC[C@H](c1c(C(F)(F)F)ccc(Br)c1O)N1CCNCC1. The third-order valence-electron chi connectivity index (χ3n) is 4.04. The van der Waals surface area contributed by atoms with E-state index in [0.29, 0.717) is 25.9 Å². The summed E-state index contributed by atoms with van der Waals surface area (Å²) in [5, 5.41) is 13.5. The van der Waals surface area contributed by atoms with Crippen LogP contribution in [0.2, 0.25) is 0 Å². The molecule has 7 heteroatoms. The van der Waals surface area contributed by atoms with Crippen molar-refractivity contribution < 1.29 is 18.3 Å². The lowest BCUT2D eigenvalue weighted by Crippen LogP contribution is -2.45. The molecule has 1 heterocycles. The van der Waals surface area contributed by atoms with Gasteiger partial charge in [0.05, 0.1) is 10.0 Å². The molecule has 0 saturated carbocycles. The van der Waals surface area contributed by atoms with Crippen molar-refractivity contribution in [3.8, 4) is 5.75 Å². The van der Waals surface area contributed by atoms with Gasteiger partial charge in [0.2, 0.25) is 0 Å². The Morgan fingerprint density at radius 1 is 1.35 bits per heavy atom. The zero-order valence-electron chi connectivity index (χ0n) is 12.7. The highest BCUT2D eigenvalue weighted by atomic mass is 79.9. The average molecular weight is 393 g/mol. The van der Waals surface area contributed by atoms with Gasteiger partial charge in [-0.3, -0.25) is 4.90 Å². The number of aromatic hydroxyl groups is 1. The van der Waals surface area contributed by atoms with Crippen LogP contribution in [0.25, 0.3) is 0 Å². The first-order chi connectivity index (χ1) is 10.9. The molecule has 3 nitrogen and oxygen atoms in total. The lowest BCUT2D eigenvalue weighted by Gasteiger charge is -2.36. The first kappa shape index (κ1) is 18.3. The van der Waals surface area contributed by atoms with Crippen molar-refractivity contribution in [2.45, 2.75) is 25.1 Å². The van der Waals surface area contributed by atoms with E-state index in [1.54, 1.807) is 6.08 Å². The highest BCUT2D eigenvalue weighted by molar-refractivity contribution is 9.10. The molecule has 1 aliphatic rings. The molecule has 128 valence electrons. The van der Waals surface area contributed by atoms with Crippen LogP contribution in [0, 0.1) is 0 Å². The molecule has 1 aliphatic heterocycles. The fraction of sp³-hybridized carbons (Fsp3) is 0.500. The molecule has 0 radical (unpaired) electrons. The highest BCUT2D eigenvalue weighted by Crippen LogP contribution is 2.45. The number of halogens is 4. The molecule has 1 fully saturated rings. The molecule has 0 amide bonds. The van der Waals surface area contributed by atoms with E-state index in [1.807, 2.05) is 4.90 Å². The van der Waals surface area contributed by atoms with Gasteiger partial charge in [-0.15, -0.1) is 6.58 Å². The van der Waals surface area contributed by atoms with Gasteiger partial charge in [0.25, 0.3) is 0 Å². The van der Waals surface area contributed by atoms with Crippen LogP contribution in [-0.2, 0) is 6.18 Å². The van der Waals surface area contributed by atoms with Gasteiger partial charge in [-0.2, -0.15) is 13.2 Å².